The Hall–Kier alpha value is -2.31. The first-order valence-electron chi connectivity index (χ1n) is 6.60. The minimum atomic E-state index is 0.267. The maximum atomic E-state index is 9.08. The predicted molar refractivity (Wildman–Crippen MR) is 79.4 cm³/mol. The van der Waals surface area contributed by atoms with Gasteiger partial charge in [0.1, 0.15) is 11.8 Å². The van der Waals surface area contributed by atoms with Crippen molar-refractivity contribution in [3.05, 3.63) is 65.2 Å². The molecule has 0 aliphatic carbocycles. The number of ether oxygens (including phenoxy) is 1. The van der Waals surface area contributed by atoms with E-state index < -0.39 is 0 Å². The molecular weight excluding hydrogens is 248 g/mol. The summed E-state index contributed by atoms with van der Waals surface area (Å²) in [6.45, 7) is 2.85. The fourth-order valence-corrected chi connectivity index (χ4v) is 2.08. The number of nitrogens with zero attached hydrogens (tertiary/aromatic N) is 1. The first kappa shape index (κ1) is 14.1. The zero-order valence-electron chi connectivity index (χ0n) is 11.8. The summed E-state index contributed by atoms with van der Waals surface area (Å²) in [6, 6.07) is 18.4. The van der Waals surface area contributed by atoms with Gasteiger partial charge in [-0.3, -0.25) is 0 Å². The monoisotopic (exact) mass is 266 g/mol. The second-order valence-corrected chi connectivity index (χ2v) is 4.66. The molecule has 0 aromatic heterocycles. The van der Waals surface area contributed by atoms with E-state index in [1.807, 2.05) is 36.4 Å². The molecule has 3 heteroatoms. The van der Waals surface area contributed by atoms with Crippen molar-refractivity contribution >= 4 is 0 Å². The summed E-state index contributed by atoms with van der Waals surface area (Å²) in [5, 5.41) is 12.5. The number of methoxy groups -OCH3 is 1. The minimum absolute atomic E-state index is 0.267. The van der Waals surface area contributed by atoms with Crippen molar-refractivity contribution in [2.45, 2.75) is 19.5 Å². The molecular formula is C17H18N2O. The van der Waals surface area contributed by atoms with Gasteiger partial charge in [0, 0.05) is 12.6 Å². The Kier molecular flexibility index (Phi) is 4.75. The molecule has 0 amide bonds. The quantitative estimate of drug-likeness (QED) is 0.902. The van der Waals surface area contributed by atoms with Gasteiger partial charge in [0.15, 0.2) is 0 Å². The lowest BCUT2D eigenvalue weighted by molar-refractivity contribution is 0.413. The van der Waals surface area contributed by atoms with Crippen LogP contribution in [-0.4, -0.2) is 7.11 Å². The maximum Gasteiger partial charge on any atom is 0.136 e. The maximum absolute atomic E-state index is 9.08. The highest BCUT2D eigenvalue weighted by Crippen LogP contribution is 2.19. The summed E-state index contributed by atoms with van der Waals surface area (Å²) < 4.78 is 5.14. The molecule has 102 valence electrons. The van der Waals surface area contributed by atoms with Crippen LogP contribution in [0.3, 0.4) is 0 Å². The van der Waals surface area contributed by atoms with E-state index in [0.29, 0.717) is 17.9 Å². The second kappa shape index (κ2) is 6.74. The van der Waals surface area contributed by atoms with E-state index >= 15 is 0 Å². The van der Waals surface area contributed by atoms with E-state index in [1.54, 1.807) is 7.11 Å². The van der Waals surface area contributed by atoms with Crippen LogP contribution in [-0.2, 0) is 6.54 Å². The molecule has 0 aliphatic heterocycles. The Morgan fingerprint density at radius 3 is 2.60 bits per heavy atom. The van der Waals surface area contributed by atoms with Crippen molar-refractivity contribution in [2.24, 2.45) is 0 Å². The SMILES string of the molecule is COc1ccc(CN[C@@H](C)c2ccccc2)cc1C#N. The molecule has 0 saturated heterocycles. The van der Waals surface area contributed by atoms with Crippen LogP contribution >= 0.6 is 0 Å². The van der Waals surface area contributed by atoms with Gasteiger partial charge in [0.05, 0.1) is 12.7 Å². The fraction of sp³-hybridized carbons (Fsp3) is 0.235. The predicted octanol–water partition coefficient (Wildman–Crippen LogP) is 3.42. The van der Waals surface area contributed by atoms with Crippen LogP contribution in [0, 0.1) is 11.3 Å². The molecule has 2 rings (SSSR count). The van der Waals surface area contributed by atoms with Crippen LogP contribution in [0.25, 0.3) is 0 Å². The highest BCUT2D eigenvalue weighted by atomic mass is 16.5. The molecule has 3 nitrogen and oxygen atoms in total. The first-order chi connectivity index (χ1) is 9.74. The van der Waals surface area contributed by atoms with Crippen molar-refractivity contribution in [1.29, 1.82) is 5.26 Å². The zero-order valence-corrected chi connectivity index (χ0v) is 11.8. The van der Waals surface area contributed by atoms with Crippen molar-refractivity contribution in [2.75, 3.05) is 7.11 Å². The summed E-state index contributed by atoms with van der Waals surface area (Å²) in [4.78, 5) is 0. The molecule has 0 bridgehead atoms. The smallest absolute Gasteiger partial charge is 0.136 e. The first-order valence-corrected chi connectivity index (χ1v) is 6.60. The lowest BCUT2D eigenvalue weighted by atomic mass is 10.1. The Bertz CT molecular complexity index is 602. The molecule has 20 heavy (non-hydrogen) atoms. The number of benzene rings is 2. The van der Waals surface area contributed by atoms with Crippen molar-refractivity contribution in [3.63, 3.8) is 0 Å². The molecule has 1 N–H and O–H groups in total. The number of hydrogen-bond acceptors (Lipinski definition) is 3. The third-order valence-corrected chi connectivity index (χ3v) is 3.30. The molecule has 0 fully saturated rings. The lowest BCUT2D eigenvalue weighted by Crippen LogP contribution is -2.18. The van der Waals surface area contributed by atoms with Crippen LogP contribution in [0.1, 0.15) is 29.7 Å². The van der Waals surface area contributed by atoms with Gasteiger partial charge in [-0.05, 0) is 30.2 Å². The second-order valence-electron chi connectivity index (χ2n) is 4.66. The molecule has 0 spiro atoms. The highest BCUT2D eigenvalue weighted by Gasteiger charge is 2.06. The van der Waals surface area contributed by atoms with Gasteiger partial charge in [0.25, 0.3) is 0 Å². The Morgan fingerprint density at radius 2 is 1.95 bits per heavy atom. The minimum Gasteiger partial charge on any atom is -0.495 e. The molecule has 2 aromatic rings. The van der Waals surface area contributed by atoms with E-state index in [9.17, 15) is 0 Å². The van der Waals surface area contributed by atoms with E-state index in [-0.39, 0.29) is 6.04 Å². The molecule has 0 aliphatic rings. The number of nitrogens with one attached hydrogen (secondary N) is 1. The van der Waals surface area contributed by atoms with E-state index in [0.717, 1.165) is 5.56 Å². The average Bonchev–Trinajstić information content (AvgIpc) is 2.53. The van der Waals surface area contributed by atoms with Gasteiger partial charge in [-0.25, -0.2) is 0 Å². The molecule has 0 saturated carbocycles. The largest absolute Gasteiger partial charge is 0.495 e. The molecule has 0 heterocycles. The van der Waals surface area contributed by atoms with E-state index in [1.165, 1.54) is 5.56 Å². The van der Waals surface area contributed by atoms with Gasteiger partial charge in [-0.1, -0.05) is 36.4 Å². The normalized spacial score (nSPS) is 11.7. The molecule has 0 radical (unpaired) electrons. The number of hydrogen-bond donors (Lipinski definition) is 1. The van der Waals surface area contributed by atoms with E-state index in [2.05, 4.69) is 30.4 Å². The van der Waals surface area contributed by atoms with Crippen molar-refractivity contribution in [3.8, 4) is 11.8 Å². The van der Waals surface area contributed by atoms with Crippen LogP contribution in [0.2, 0.25) is 0 Å². The van der Waals surface area contributed by atoms with E-state index in [4.69, 9.17) is 10.00 Å². The van der Waals surface area contributed by atoms with Crippen molar-refractivity contribution in [1.82, 2.24) is 5.32 Å². The van der Waals surface area contributed by atoms with Crippen LogP contribution in [0.15, 0.2) is 48.5 Å². The molecule has 0 unspecified atom stereocenters. The fourth-order valence-electron chi connectivity index (χ4n) is 2.08. The summed E-state index contributed by atoms with van der Waals surface area (Å²) in [5.41, 5.74) is 2.89. The Balaban J connectivity index is 2.03. The Morgan fingerprint density at radius 1 is 1.20 bits per heavy atom. The number of nitriles is 1. The summed E-state index contributed by atoms with van der Waals surface area (Å²) in [6.07, 6.45) is 0. The lowest BCUT2D eigenvalue weighted by Gasteiger charge is -2.14. The van der Waals surface area contributed by atoms with Gasteiger partial charge < -0.3 is 10.1 Å². The van der Waals surface area contributed by atoms with Gasteiger partial charge in [0.2, 0.25) is 0 Å². The molecule has 2 aromatic carbocycles. The van der Waals surface area contributed by atoms with Crippen LogP contribution in [0.4, 0.5) is 0 Å². The topological polar surface area (TPSA) is 45.0 Å². The van der Waals surface area contributed by atoms with Gasteiger partial charge >= 0.3 is 0 Å². The highest BCUT2D eigenvalue weighted by molar-refractivity contribution is 5.45. The van der Waals surface area contributed by atoms with Gasteiger partial charge in [-0.2, -0.15) is 5.26 Å². The third kappa shape index (κ3) is 3.37. The Labute approximate surface area is 119 Å². The average molecular weight is 266 g/mol. The summed E-state index contributed by atoms with van der Waals surface area (Å²) in [7, 11) is 1.57. The van der Waals surface area contributed by atoms with Crippen LogP contribution < -0.4 is 10.1 Å². The summed E-state index contributed by atoms with van der Waals surface area (Å²) >= 11 is 0. The number of rotatable bonds is 5. The van der Waals surface area contributed by atoms with Crippen LogP contribution in [0.5, 0.6) is 5.75 Å². The van der Waals surface area contributed by atoms with Crippen molar-refractivity contribution < 1.29 is 4.74 Å². The molecule has 1 atom stereocenters. The third-order valence-electron chi connectivity index (χ3n) is 3.30. The summed E-state index contributed by atoms with van der Waals surface area (Å²) in [5.74, 6) is 0.618. The van der Waals surface area contributed by atoms with Gasteiger partial charge in [-0.15, -0.1) is 0 Å². The standard InChI is InChI=1S/C17H18N2O/c1-13(15-6-4-3-5-7-15)19-12-14-8-9-17(20-2)16(10-14)11-18/h3-10,13,19H,12H2,1-2H3/t13-/m0/s1. The zero-order chi connectivity index (χ0) is 14.4.